The van der Waals surface area contributed by atoms with Crippen LogP contribution in [-0.2, 0) is 28.7 Å². The number of carbonyl (C=O) groups excluding carboxylic acids is 4. The standard InChI is InChI=1S/C13H20N2O6/c1-9(13(19)21-7-5-15-11(3)17)8-12(18)20-6-4-14-10(2)16/h1,4-8H2,2-3H3,(H,14,16)(H,15,17). The number of hydrogen-bond acceptors (Lipinski definition) is 6. The van der Waals surface area contributed by atoms with Crippen molar-refractivity contribution < 1.29 is 28.7 Å². The first-order valence-corrected chi connectivity index (χ1v) is 6.32. The van der Waals surface area contributed by atoms with Gasteiger partial charge in [-0.2, -0.15) is 0 Å². The minimum atomic E-state index is -0.723. The first kappa shape index (κ1) is 18.6. The summed E-state index contributed by atoms with van der Waals surface area (Å²) < 4.78 is 9.59. The molecule has 0 bridgehead atoms. The summed E-state index contributed by atoms with van der Waals surface area (Å²) in [5.74, 6) is -1.81. The lowest BCUT2D eigenvalue weighted by atomic mass is 10.2. The van der Waals surface area contributed by atoms with Crippen molar-refractivity contribution in [2.24, 2.45) is 0 Å². The smallest absolute Gasteiger partial charge is 0.334 e. The van der Waals surface area contributed by atoms with Crippen molar-refractivity contribution in [3.63, 3.8) is 0 Å². The van der Waals surface area contributed by atoms with E-state index in [9.17, 15) is 19.2 Å². The van der Waals surface area contributed by atoms with Crippen LogP contribution in [0.25, 0.3) is 0 Å². The van der Waals surface area contributed by atoms with Gasteiger partial charge in [0.05, 0.1) is 19.5 Å². The number of rotatable bonds is 9. The number of esters is 2. The van der Waals surface area contributed by atoms with E-state index in [-0.39, 0.29) is 50.1 Å². The summed E-state index contributed by atoms with van der Waals surface area (Å²) in [6.07, 6.45) is -0.293. The van der Waals surface area contributed by atoms with E-state index in [0.29, 0.717) is 0 Å². The molecule has 2 N–H and O–H groups in total. The maximum absolute atomic E-state index is 11.4. The molecule has 0 radical (unpaired) electrons. The predicted octanol–water partition coefficient (Wildman–Crippen LogP) is -0.709. The number of hydrogen-bond donors (Lipinski definition) is 2. The molecule has 0 aliphatic carbocycles. The summed E-state index contributed by atoms with van der Waals surface area (Å²) >= 11 is 0. The predicted molar refractivity (Wildman–Crippen MR) is 73.0 cm³/mol. The zero-order chi connectivity index (χ0) is 16.3. The summed E-state index contributed by atoms with van der Waals surface area (Å²) in [5, 5.41) is 4.91. The molecule has 0 saturated carbocycles. The lowest BCUT2D eigenvalue weighted by Gasteiger charge is -2.08. The molecule has 0 aromatic heterocycles. The van der Waals surface area contributed by atoms with Gasteiger partial charge in [0.1, 0.15) is 13.2 Å². The van der Waals surface area contributed by atoms with Crippen LogP contribution in [0.3, 0.4) is 0 Å². The summed E-state index contributed by atoms with van der Waals surface area (Å²) in [4.78, 5) is 44.0. The molecular formula is C13H20N2O6. The lowest BCUT2D eigenvalue weighted by molar-refractivity contribution is -0.146. The normalized spacial score (nSPS) is 9.43. The van der Waals surface area contributed by atoms with Crippen molar-refractivity contribution in [1.82, 2.24) is 10.6 Å². The van der Waals surface area contributed by atoms with Gasteiger partial charge in [0, 0.05) is 19.4 Å². The molecule has 0 atom stereocenters. The maximum Gasteiger partial charge on any atom is 0.334 e. The first-order valence-electron chi connectivity index (χ1n) is 6.32. The minimum Gasteiger partial charge on any atom is -0.464 e. The van der Waals surface area contributed by atoms with Gasteiger partial charge in [-0.3, -0.25) is 14.4 Å². The average molecular weight is 300 g/mol. The second-order valence-electron chi connectivity index (χ2n) is 4.10. The van der Waals surface area contributed by atoms with Crippen LogP contribution in [0.1, 0.15) is 20.3 Å². The van der Waals surface area contributed by atoms with Crippen LogP contribution in [0, 0.1) is 0 Å². The molecule has 8 heteroatoms. The monoisotopic (exact) mass is 300 g/mol. The highest BCUT2D eigenvalue weighted by Crippen LogP contribution is 2.02. The Balaban J connectivity index is 3.79. The van der Waals surface area contributed by atoms with E-state index in [1.807, 2.05) is 0 Å². The molecule has 21 heavy (non-hydrogen) atoms. The molecule has 2 amide bonds. The molecule has 0 rings (SSSR count). The van der Waals surface area contributed by atoms with E-state index in [2.05, 4.69) is 17.2 Å². The van der Waals surface area contributed by atoms with Gasteiger partial charge in [-0.1, -0.05) is 6.58 Å². The van der Waals surface area contributed by atoms with E-state index < -0.39 is 11.9 Å². The maximum atomic E-state index is 11.4. The van der Waals surface area contributed by atoms with Crippen LogP contribution in [0.4, 0.5) is 0 Å². The molecule has 0 aromatic rings. The number of carbonyl (C=O) groups is 4. The van der Waals surface area contributed by atoms with Gasteiger partial charge in [0.25, 0.3) is 0 Å². The van der Waals surface area contributed by atoms with Crippen LogP contribution >= 0.6 is 0 Å². The van der Waals surface area contributed by atoms with Crippen molar-refractivity contribution in [2.45, 2.75) is 20.3 Å². The topological polar surface area (TPSA) is 111 Å². The Morgan fingerprint density at radius 2 is 1.38 bits per heavy atom. The molecule has 0 heterocycles. The Morgan fingerprint density at radius 3 is 1.86 bits per heavy atom. The van der Waals surface area contributed by atoms with Crippen LogP contribution in [0.2, 0.25) is 0 Å². The zero-order valence-corrected chi connectivity index (χ0v) is 12.2. The Morgan fingerprint density at radius 1 is 0.905 bits per heavy atom. The third kappa shape index (κ3) is 11.2. The largest absolute Gasteiger partial charge is 0.464 e. The fourth-order valence-electron chi connectivity index (χ4n) is 1.16. The average Bonchev–Trinajstić information content (AvgIpc) is 2.39. The number of ether oxygens (including phenoxy) is 2. The molecular weight excluding hydrogens is 280 g/mol. The Hall–Kier alpha value is -2.38. The summed E-state index contributed by atoms with van der Waals surface area (Å²) in [6, 6.07) is 0. The van der Waals surface area contributed by atoms with Crippen molar-refractivity contribution >= 4 is 23.8 Å². The summed E-state index contributed by atoms with van der Waals surface area (Å²) in [7, 11) is 0. The van der Waals surface area contributed by atoms with Gasteiger partial charge in [-0.05, 0) is 0 Å². The van der Waals surface area contributed by atoms with Gasteiger partial charge < -0.3 is 20.1 Å². The molecule has 0 saturated heterocycles. The minimum absolute atomic E-state index is 0.00495. The molecule has 0 aliphatic heterocycles. The van der Waals surface area contributed by atoms with E-state index in [4.69, 9.17) is 9.47 Å². The second kappa shape index (κ2) is 10.4. The molecule has 0 aliphatic rings. The molecule has 118 valence electrons. The Labute approximate surface area is 122 Å². The van der Waals surface area contributed by atoms with E-state index in [1.54, 1.807) is 0 Å². The third-order valence-electron chi connectivity index (χ3n) is 2.09. The number of amides is 2. The summed E-state index contributed by atoms with van der Waals surface area (Å²) in [5.41, 5.74) is -0.0395. The first-order chi connectivity index (χ1) is 9.82. The Bertz CT molecular complexity index is 419. The van der Waals surface area contributed by atoms with Gasteiger partial charge in [0.2, 0.25) is 11.8 Å². The molecule has 0 aromatic carbocycles. The van der Waals surface area contributed by atoms with Gasteiger partial charge in [0.15, 0.2) is 0 Å². The highest BCUT2D eigenvalue weighted by Gasteiger charge is 2.14. The van der Waals surface area contributed by atoms with Crippen LogP contribution in [-0.4, -0.2) is 50.1 Å². The fourth-order valence-corrected chi connectivity index (χ4v) is 1.16. The van der Waals surface area contributed by atoms with Crippen molar-refractivity contribution in [1.29, 1.82) is 0 Å². The highest BCUT2D eigenvalue weighted by atomic mass is 16.5. The summed E-state index contributed by atoms with van der Waals surface area (Å²) in [6.45, 7) is 6.53. The van der Waals surface area contributed by atoms with E-state index in [0.717, 1.165) is 0 Å². The van der Waals surface area contributed by atoms with Crippen molar-refractivity contribution in [2.75, 3.05) is 26.3 Å². The SMILES string of the molecule is C=C(CC(=O)OCCNC(C)=O)C(=O)OCCNC(C)=O. The quantitative estimate of drug-likeness (QED) is 0.331. The van der Waals surface area contributed by atoms with Crippen molar-refractivity contribution in [3.8, 4) is 0 Å². The van der Waals surface area contributed by atoms with Crippen LogP contribution < -0.4 is 10.6 Å². The molecule has 0 fully saturated rings. The third-order valence-corrected chi connectivity index (χ3v) is 2.09. The lowest BCUT2D eigenvalue weighted by Crippen LogP contribution is -2.26. The van der Waals surface area contributed by atoms with Crippen LogP contribution in [0.15, 0.2) is 12.2 Å². The van der Waals surface area contributed by atoms with Gasteiger partial charge in [-0.25, -0.2) is 4.79 Å². The zero-order valence-electron chi connectivity index (χ0n) is 12.2. The Kier molecular flexibility index (Phi) is 9.23. The van der Waals surface area contributed by atoms with E-state index in [1.165, 1.54) is 13.8 Å². The molecule has 8 nitrogen and oxygen atoms in total. The fraction of sp³-hybridized carbons (Fsp3) is 0.538. The van der Waals surface area contributed by atoms with Gasteiger partial charge in [-0.15, -0.1) is 0 Å². The number of nitrogens with one attached hydrogen (secondary N) is 2. The molecule has 0 spiro atoms. The van der Waals surface area contributed by atoms with E-state index >= 15 is 0 Å². The van der Waals surface area contributed by atoms with Crippen LogP contribution in [0.5, 0.6) is 0 Å². The molecule has 0 unspecified atom stereocenters. The second-order valence-corrected chi connectivity index (χ2v) is 4.10. The highest BCUT2D eigenvalue weighted by molar-refractivity contribution is 5.93. The van der Waals surface area contributed by atoms with Crippen molar-refractivity contribution in [3.05, 3.63) is 12.2 Å². The van der Waals surface area contributed by atoms with Gasteiger partial charge >= 0.3 is 11.9 Å².